The van der Waals surface area contributed by atoms with Crippen LogP contribution in [0.2, 0.25) is 0 Å². The van der Waals surface area contributed by atoms with E-state index in [2.05, 4.69) is 23.6 Å². The Balaban J connectivity index is 1.83. The molecule has 1 aliphatic heterocycles. The fourth-order valence-corrected chi connectivity index (χ4v) is 3.46. The lowest BCUT2D eigenvalue weighted by Gasteiger charge is -2.28. The first-order valence-corrected chi connectivity index (χ1v) is 6.98. The zero-order chi connectivity index (χ0) is 11.5. The molecule has 2 aliphatic rings. The molecule has 2 rings (SSSR count). The summed E-state index contributed by atoms with van der Waals surface area (Å²) >= 11 is 0. The van der Waals surface area contributed by atoms with E-state index in [1.807, 2.05) is 0 Å². The second kappa shape index (κ2) is 5.48. The highest BCUT2D eigenvalue weighted by atomic mass is 15.3. The Morgan fingerprint density at radius 1 is 1.19 bits per heavy atom. The van der Waals surface area contributed by atoms with Crippen LogP contribution in [0.1, 0.15) is 39.5 Å². The van der Waals surface area contributed by atoms with E-state index >= 15 is 0 Å². The van der Waals surface area contributed by atoms with Crippen molar-refractivity contribution in [3.05, 3.63) is 0 Å². The Hall–Kier alpha value is -0.120. The van der Waals surface area contributed by atoms with Crippen LogP contribution in [0.3, 0.4) is 0 Å². The van der Waals surface area contributed by atoms with Gasteiger partial charge in [0.2, 0.25) is 0 Å². The minimum absolute atomic E-state index is 0.470. The molecule has 0 aromatic heterocycles. The molecule has 94 valence electrons. The SMILES string of the molecule is CCN(CC)C1CCN(C2CCC(N)C2)C1. The van der Waals surface area contributed by atoms with Crippen LogP contribution < -0.4 is 5.73 Å². The van der Waals surface area contributed by atoms with Crippen molar-refractivity contribution in [2.24, 2.45) is 5.73 Å². The molecule has 2 N–H and O–H groups in total. The lowest BCUT2D eigenvalue weighted by molar-refractivity contribution is 0.188. The average molecular weight is 225 g/mol. The van der Waals surface area contributed by atoms with Crippen LogP contribution in [0.5, 0.6) is 0 Å². The van der Waals surface area contributed by atoms with Crippen molar-refractivity contribution in [1.29, 1.82) is 0 Å². The highest BCUT2D eigenvalue weighted by Gasteiger charge is 2.33. The van der Waals surface area contributed by atoms with Gasteiger partial charge in [-0.15, -0.1) is 0 Å². The minimum atomic E-state index is 0.470. The van der Waals surface area contributed by atoms with Gasteiger partial charge in [-0.25, -0.2) is 0 Å². The largest absolute Gasteiger partial charge is 0.328 e. The highest BCUT2D eigenvalue weighted by molar-refractivity contribution is 4.91. The predicted octanol–water partition coefficient (Wildman–Crippen LogP) is 1.28. The van der Waals surface area contributed by atoms with E-state index in [1.165, 1.54) is 51.9 Å². The van der Waals surface area contributed by atoms with Gasteiger partial charge in [-0.05, 0) is 38.8 Å². The molecular weight excluding hydrogens is 198 g/mol. The van der Waals surface area contributed by atoms with Gasteiger partial charge in [-0.3, -0.25) is 9.80 Å². The fourth-order valence-electron chi connectivity index (χ4n) is 3.46. The number of rotatable bonds is 4. The summed E-state index contributed by atoms with van der Waals surface area (Å²) in [6, 6.07) is 2.06. The lowest BCUT2D eigenvalue weighted by Crippen LogP contribution is -2.39. The summed E-state index contributed by atoms with van der Waals surface area (Å²) in [7, 11) is 0. The summed E-state index contributed by atoms with van der Waals surface area (Å²) in [5.74, 6) is 0. The summed E-state index contributed by atoms with van der Waals surface area (Å²) in [5.41, 5.74) is 6.00. The predicted molar refractivity (Wildman–Crippen MR) is 68.5 cm³/mol. The van der Waals surface area contributed by atoms with Gasteiger partial charge in [0.15, 0.2) is 0 Å². The maximum atomic E-state index is 6.00. The van der Waals surface area contributed by atoms with Crippen LogP contribution in [0.25, 0.3) is 0 Å². The second-order valence-corrected chi connectivity index (χ2v) is 5.39. The molecule has 3 unspecified atom stereocenters. The molecule has 2 fully saturated rings. The van der Waals surface area contributed by atoms with Crippen molar-refractivity contribution in [2.75, 3.05) is 26.2 Å². The molecule has 16 heavy (non-hydrogen) atoms. The Morgan fingerprint density at radius 3 is 2.50 bits per heavy atom. The molecule has 0 amide bonds. The van der Waals surface area contributed by atoms with Crippen LogP contribution in [-0.4, -0.2) is 54.1 Å². The molecule has 1 heterocycles. The summed E-state index contributed by atoms with van der Waals surface area (Å²) in [4.78, 5) is 5.30. The first-order chi connectivity index (χ1) is 7.74. The van der Waals surface area contributed by atoms with E-state index in [0.29, 0.717) is 6.04 Å². The molecule has 0 aromatic carbocycles. The molecule has 1 aliphatic carbocycles. The third-order valence-electron chi connectivity index (χ3n) is 4.49. The molecule has 0 aromatic rings. The summed E-state index contributed by atoms with van der Waals surface area (Å²) in [6.07, 6.45) is 5.14. The Kier molecular flexibility index (Phi) is 4.22. The van der Waals surface area contributed by atoms with E-state index < -0.39 is 0 Å². The minimum Gasteiger partial charge on any atom is -0.328 e. The quantitative estimate of drug-likeness (QED) is 0.782. The maximum absolute atomic E-state index is 6.00. The zero-order valence-electron chi connectivity index (χ0n) is 10.9. The third kappa shape index (κ3) is 2.58. The van der Waals surface area contributed by atoms with Gasteiger partial charge in [0.1, 0.15) is 0 Å². The van der Waals surface area contributed by atoms with Crippen molar-refractivity contribution >= 4 is 0 Å². The van der Waals surface area contributed by atoms with Crippen molar-refractivity contribution in [2.45, 2.75) is 57.7 Å². The second-order valence-electron chi connectivity index (χ2n) is 5.39. The van der Waals surface area contributed by atoms with Crippen LogP contribution >= 0.6 is 0 Å². The van der Waals surface area contributed by atoms with Gasteiger partial charge in [0.25, 0.3) is 0 Å². The maximum Gasteiger partial charge on any atom is 0.0235 e. The third-order valence-corrected chi connectivity index (χ3v) is 4.49. The van der Waals surface area contributed by atoms with Crippen molar-refractivity contribution < 1.29 is 0 Å². The van der Waals surface area contributed by atoms with E-state index in [9.17, 15) is 0 Å². The van der Waals surface area contributed by atoms with Crippen molar-refractivity contribution in [1.82, 2.24) is 9.80 Å². The molecule has 0 bridgehead atoms. The number of likely N-dealkylation sites (N-methyl/N-ethyl adjacent to an activating group) is 1. The molecule has 1 saturated heterocycles. The van der Waals surface area contributed by atoms with E-state index in [0.717, 1.165) is 12.1 Å². The van der Waals surface area contributed by atoms with Crippen LogP contribution in [-0.2, 0) is 0 Å². The highest BCUT2D eigenvalue weighted by Crippen LogP contribution is 2.27. The molecule has 0 spiro atoms. The molecule has 1 saturated carbocycles. The van der Waals surface area contributed by atoms with Gasteiger partial charge in [-0.1, -0.05) is 13.8 Å². The first kappa shape index (κ1) is 12.3. The number of hydrogen-bond acceptors (Lipinski definition) is 3. The first-order valence-electron chi connectivity index (χ1n) is 6.98. The zero-order valence-corrected chi connectivity index (χ0v) is 10.9. The standard InChI is InChI=1S/C13H27N3/c1-3-15(4-2)13-7-8-16(10-13)12-6-5-11(14)9-12/h11-13H,3-10,14H2,1-2H3. The average Bonchev–Trinajstić information content (AvgIpc) is 2.89. The molecule has 3 atom stereocenters. The van der Waals surface area contributed by atoms with Gasteiger partial charge in [0.05, 0.1) is 0 Å². The van der Waals surface area contributed by atoms with Gasteiger partial charge < -0.3 is 5.73 Å². The molecular formula is C13H27N3. The molecule has 3 heteroatoms. The number of nitrogens with two attached hydrogens (primary N) is 1. The monoisotopic (exact) mass is 225 g/mol. The number of nitrogens with zero attached hydrogens (tertiary/aromatic N) is 2. The Labute approximate surface area is 100.0 Å². The number of hydrogen-bond donors (Lipinski definition) is 1. The van der Waals surface area contributed by atoms with Crippen molar-refractivity contribution in [3.63, 3.8) is 0 Å². The van der Waals surface area contributed by atoms with Crippen LogP contribution in [0.4, 0.5) is 0 Å². The lowest BCUT2D eigenvalue weighted by atomic mass is 10.2. The van der Waals surface area contributed by atoms with Gasteiger partial charge in [0, 0.05) is 31.2 Å². The smallest absolute Gasteiger partial charge is 0.0235 e. The van der Waals surface area contributed by atoms with Crippen LogP contribution in [0, 0.1) is 0 Å². The Bertz CT molecular complexity index is 215. The van der Waals surface area contributed by atoms with Gasteiger partial charge >= 0.3 is 0 Å². The normalized spacial score (nSPS) is 36.4. The Morgan fingerprint density at radius 2 is 1.94 bits per heavy atom. The summed E-state index contributed by atoms with van der Waals surface area (Å²) < 4.78 is 0. The van der Waals surface area contributed by atoms with Gasteiger partial charge in [-0.2, -0.15) is 0 Å². The number of likely N-dealkylation sites (tertiary alicyclic amines) is 1. The molecule has 3 nitrogen and oxygen atoms in total. The van der Waals surface area contributed by atoms with E-state index in [4.69, 9.17) is 5.73 Å². The summed E-state index contributed by atoms with van der Waals surface area (Å²) in [6.45, 7) is 9.51. The van der Waals surface area contributed by atoms with Crippen molar-refractivity contribution in [3.8, 4) is 0 Å². The fraction of sp³-hybridized carbons (Fsp3) is 1.00. The summed E-state index contributed by atoms with van der Waals surface area (Å²) in [5, 5.41) is 0. The molecule has 0 radical (unpaired) electrons. The topological polar surface area (TPSA) is 32.5 Å². The van der Waals surface area contributed by atoms with Crippen LogP contribution in [0.15, 0.2) is 0 Å². The van der Waals surface area contributed by atoms with E-state index in [-0.39, 0.29) is 0 Å². The van der Waals surface area contributed by atoms with E-state index in [1.54, 1.807) is 0 Å².